The molecule has 9 heteroatoms. The van der Waals surface area contributed by atoms with E-state index in [4.69, 9.17) is 28.6 Å². The number of nitrogens with one attached hydrogen (secondary N) is 1. The van der Waals surface area contributed by atoms with Crippen molar-refractivity contribution in [2.24, 2.45) is 16.0 Å². The van der Waals surface area contributed by atoms with Gasteiger partial charge in [-0.3, -0.25) is 10.2 Å². The Hall–Kier alpha value is -2.35. The van der Waals surface area contributed by atoms with Gasteiger partial charge in [-0.25, -0.2) is 0 Å². The van der Waals surface area contributed by atoms with E-state index in [1.165, 1.54) is 16.8 Å². The third kappa shape index (κ3) is 3.90. The summed E-state index contributed by atoms with van der Waals surface area (Å²) in [7, 11) is 0. The van der Waals surface area contributed by atoms with E-state index in [9.17, 15) is 4.79 Å². The maximum absolute atomic E-state index is 12.6. The minimum absolute atomic E-state index is 0.0104. The lowest BCUT2D eigenvalue weighted by Crippen LogP contribution is -2.35. The van der Waals surface area contributed by atoms with E-state index in [2.05, 4.69) is 23.9 Å². The number of aliphatic imine (C=N–C) groups is 1. The fourth-order valence-electron chi connectivity index (χ4n) is 3.01. The third-order valence-corrected chi connectivity index (χ3v) is 5.80. The Bertz CT molecular complexity index is 1120. The first kappa shape index (κ1) is 19.9. The van der Waals surface area contributed by atoms with Gasteiger partial charge in [0, 0.05) is 23.3 Å². The smallest absolute Gasteiger partial charge is 0.283 e. The van der Waals surface area contributed by atoms with Crippen LogP contribution in [0.2, 0.25) is 10.0 Å². The molecule has 2 aliphatic heterocycles. The van der Waals surface area contributed by atoms with Crippen molar-refractivity contribution in [2.45, 2.75) is 20.3 Å². The number of hydrogen-bond donors (Lipinski definition) is 1. The Morgan fingerprint density at radius 1 is 1.28 bits per heavy atom. The molecule has 0 aliphatic carbocycles. The maximum atomic E-state index is 12.6. The van der Waals surface area contributed by atoms with Crippen LogP contribution in [0.1, 0.15) is 26.0 Å². The molecular weight excluding hydrogens is 429 g/mol. The van der Waals surface area contributed by atoms with E-state index in [0.717, 1.165) is 11.5 Å². The number of hydrogen-bond acceptors (Lipinski definition) is 4. The Labute approximate surface area is 182 Å². The van der Waals surface area contributed by atoms with Crippen LogP contribution in [-0.2, 0) is 4.79 Å². The highest BCUT2D eigenvalue weighted by molar-refractivity contribution is 8.26. The lowest BCUT2D eigenvalue weighted by molar-refractivity contribution is -0.114. The molecular formula is C20H17Cl2N5OS. The maximum Gasteiger partial charge on any atom is 0.283 e. The first-order chi connectivity index (χ1) is 13.8. The van der Waals surface area contributed by atoms with Crippen LogP contribution in [0, 0.1) is 11.3 Å². The molecule has 0 saturated heterocycles. The van der Waals surface area contributed by atoms with Gasteiger partial charge in [-0.15, -0.1) is 0 Å². The van der Waals surface area contributed by atoms with Gasteiger partial charge in [0.2, 0.25) is 5.17 Å². The standard InChI is InChI=1S/C20H17Cl2N5OS/c1-11(2)8-17-25-27-18(23)14(19(28)24-20(27)29-17)10-13-4-3-7-26(13)16-9-12(21)5-6-15(16)22/h3-7,9-11,23H,8H2,1-2H3/b14-10+,23-18?. The number of amidine groups is 2. The summed E-state index contributed by atoms with van der Waals surface area (Å²) in [4.78, 5) is 16.8. The second-order valence-corrected chi connectivity index (χ2v) is 8.89. The highest BCUT2D eigenvalue weighted by Crippen LogP contribution is 2.31. The molecule has 2 aliphatic rings. The van der Waals surface area contributed by atoms with Crippen molar-refractivity contribution in [1.29, 1.82) is 5.41 Å². The molecule has 4 rings (SSSR count). The van der Waals surface area contributed by atoms with Gasteiger partial charge in [-0.1, -0.05) is 37.0 Å². The molecule has 1 N–H and O–H groups in total. The predicted octanol–water partition coefficient (Wildman–Crippen LogP) is 5.45. The number of aromatic nitrogens is 1. The number of benzene rings is 1. The van der Waals surface area contributed by atoms with Crippen molar-refractivity contribution in [3.63, 3.8) is 0 Å². The van der Waals surface area contributed by atoms with Crippen LogP contribution in [-0.4, -0.2) is 31.5 Å². The molecule has 0 unspecified atom stereocenters. The van der Waals surface area contributed by atoms with Crippen LogP contribution >= 0.6 is 35.0 Å². The average Bonchev–Trinajstić information content (AvgIpc) is 3.27. The number of fused-ring (bicyclic) bond motifs is 1. The topological polar surface area (TPSA) is 73.8 Å². The molecule has 0 spiro atoms. The molecule has 1 aromatic carbocycles. The summed E-state index contributed by atoms with van der Waals surface area (Å²) in [6.45, 7) is 4.19. The molecule has 1 amide bonds. The minimum Gasteiger partial charge on any atom is -0.316 e. The van der Waals surface area contributed by atoms with Crippen molar-refractivity contribution < 1.29 is 4.79 Å². The van der Waals surface area contributed by atoms with E-state index in [1.54, 1.807) is 24.3 Å². The second-order valence-electron chi connectivity index (χ2n) is 7.01. The first-order valence-corrected chi connectivity index (χ1v) is 10.5. The van der Waals surface area contributed by atoms with Crippen LogP contribution in [0.25, 0.3) is 11.8 Å². The van der Waals surface area contributed by atoms with E-state index in [-0.39, 0.29) is 11.4 Å². The Balaban J connectivity index is 1.71. The van der Waals surface area contributed by atoms with E-state index < -0.39 is 5.91 Å². The molecule has 0 fully saturated rings. The fourth-order valence-corrected chi connectivity index (χ4v) is 4.48. The Morgan fingerprint density at radius 2 is 2.07 bits per heavy atom. The Morgan fingerprint density at radius 3 is 2.83 bits per heavy atom. The first-order valence-electron chi connectivity index (χ1n) is 8.95. The van der Waals surface area contributed by atoms with E-state index >= 15 is 0 Å². The van der Waals surface area contributed by atoms with Gasteiger partial charge in [0.1, 0.15) is 5.04 Å². The second kappa shape index (κ2) is 7.82. The molecule has 0 radical (unpaired) electrons. The fraction of sp³-hybridized carbons (Fsp3) is 0.200. The van der Waals surface area contributed by atoms with Gasteiger partial charge in [0.15, 0.2) is 5.84 Å². The number of nitrogens with zero attached hydrogens (tertiary/aromatic N) is 4. The zero-order chi connectivity index (χ0) is 20.7. The molecule has 6 nitrogen and oxygen atoms in total. The molecule has 2 aromatic rings. The van der Waals surface area contributed by atoms with Gasteiger partial charge in [0.05, 0.1) is 16.3 Å². The van der Waals surface area contributed by atoms with Gasteiger partial charge in [0.25, 0.3) is 5.91 Å². The predicted molar refractivity (Wildman–Crippen MR) is 120 cm³/mol. The number of rotatable bonds is 4. The quantitative estimate of drug-likeness (QED) is 0.635. The van der Waals surface area contributed by atoms with Crippen molar-refractivity contribution in [3.05, 3.63) is 57.8 Å². The zero-order valence-corrected chi connectivity index (χ0v) is 18.0. The van der Waals surface area contributed by atoms with Gasteiger partial charge in [-0.05, 0) is 54.1 Å². The average molecular weight is 446 g/mol. The van der Waals surface area contributed by atoms with Crippen LogP contribution in [0.5, 0.6) is 0 Å². The summed E-state index contributed by atoms with van der Waals surface area (Å²) >= 11 is 13.8. The molecule has 1 aromatic heterocycles. The lowest BCUT2D eigenvalue weighted by Gasteiger charge is -2.20. The molecule has 29 heavy (non-hydrogen) atoms. The lowest BCUT2D eigenvalue weighted by atomic mass is 10.1. The van der Waals surface area contributed by atoms with Crippen molar-refractivity contribution >= 4 is 63.0 Å². The van der Waals surface area contributed by atoms with Crippen molar-refractivity contribution in [2.75, 3.05) is 0 Å². The minimum atomic E-state index is -0.459. The van der Waals surface area contributed by atoms with Crippen molar-refractivity contribution in [3.8, 4) is 5.69 Å². The van der Waals surface area contributed by atoms with Gasteiger partial charge >= 0.3 is 0 Å². The van der Waals surface area contributed by atoms with Crippen LogP contribution < -0.4 is 0 Å². The van der Waals surface area contributed by atoms with Crippen LogP contribution in [0.15, 0.2) is 52.2 Å². The van der Waals surface area contributed by atoms with Gasteiger partial charge < -0.3 is 4.57 Å². The summed E-state index contributed by atoms with van der Waals surface area (Å²) in [5.41, 5.74) is 1.53. The number of halogens is 2. The third-order valence-electron chi connectivity index (χ3n) is 4.32. The summed E-state index contributed by atoms with van der Waals surface area (Å²) in [6, 6.07) is 8.84. The SMILES string of the molecule is CC(C)CC1=NN2C(=N)/C(=C\c3cccn3-c3cc(Cl)ccc3Cl)C(=O)N=C2S1. The molecule has 148 valence electrons. The highest BCUT2D eigenvalue weighted by Gasteiger charge is 2.35. The number of amides is 1. The van der Waals surface area contributed by atoms with E-state index in [0.29, 0.717) is 32.5 Å². The summed E-state index contributed by atoms with van der Waals surface area (Å²) in [5, 5.41) is 16.8. The van der Waals surface area contributed by atoms with Crippen molar-refractivity contribution in [1.82, 2.24) is 9.58 Å². The van der Waals surface area contributed by atoms with Crippen LogP contribution in [0.3, 0.4) is 0 Å². The zero-order valence-electron chi connectivity index (χ0n) is 15.7. The molecule has 0 bridgehead atoms. The summed E-state index contributed by atoms with van der Waals surface area (Å²) < 4.78 is 1.81. The molecule has 3 heterocycles. The Kier molecular flexibility index (Phi) is 5.38. The number of carbonyl (C=O) groups excluding carboxylic acids is 1. The molecule has 0 atom stereocenters. The normalized spacial score (nSPS) is 17.8. The highest BCUT2D eigenvalue weighted by atomic mass is 35.5. The summed E-state index contributed by atoms with van der Waals surface area (Å²) in [5.74, 6) is -0.0234. The van der Waals surface area contributed by atoms with Crippen LogP contribution in [0.4, 0.5) is 0 Å². The number of carbonyl (C=O) groups is 1. The summed E-state index contributed by atoms with van der Waals surface area (Å²) in [6.07, 6.45) is 4.22. The van der Waals surface area contributed by atoms with Gasteiger partial charge in [-0.2, -0.15) is 15.1 Å². The number of thioether (sulfide) groups is 1. The molecule has 0 saturated carbocycles. The largest absolute Gasteiger partial charge is 0.316 e. The van der Waals surface area contributed by atoms with E-state index in [1.807, 2.05) is 22.9 Å². The number of hydrazone groups is 1. The monoisotopic (exact) mass is 445 g/mol.